The fourth-order valence-electron chi connectivity index (χ4n) is 5.48. The third-order valence-electron chi connectivity index (χ3n) is 8.51. The molecule has 3 atom stereocenters. The number of nitrogens with two attached hydrogens (primary N) is 1. The molecular weight excluding hydrogens is 518 g/mol. The molecule has 3 aromatic heterocycles. The first-order chi connectivity index (χ1) is 18.4. The molecule has 2 saturated carbocycles. The molecule has 0 unspecified atom stereocenters. The van der Waals surface area contributed by atoms with Crippen LogP contribution in [-0.2, 0) is 20.1 Å². The molecule has 0 bridgehead atoms. The molecule has 206 valence electrons. The topological polar surface area (TPSA) is 146 Å². The van der Waals surface area contributed by atoms with Gasteiger partial charge in [-0.2, -0.15) is 0 Å². The van der Waals surface area contributed by atoms with Gasteiger partial charge in [0.05, 0.1) is 21.9 Å². The van der Waals surface area contributed by atoms with E-state index in [1.165, 1.54) is 6.26 Å². The second-order valence-corrected chi connectivity index (χ2v) is 13.8. The average molecular weight is 552 g/mol. The summed E-state index contributed by atoms with van der Waals surface area (Å²) in [7, 11) is -3.08. The molecule has 2 fully saturated rings. The lowest BCUT2D eigenvalue weighted by Crippen LogP contribution is -2.42. The van der Waals surface area contributed by atoms with Crippen LogP contribution in [0.2, 0.25) is 0 Å². The van der Waals surface area contributed by atoms with Gasteiger partial charge in [0.2, 0.25) is 5.88 Å². The van der Waals surface area contributed by atoms with E-state index in [1.807, 2.05) is 26.8 Å². The predicted molar refractivity (Wildman–Crippen MR) is 147 cm³/mol. The van der Waals surface area contributed by atoms with E-state index >= 15 is 0 Å². The second kappa shape index (κ2) is 9.12. The molecule has 0 spiro atoms. The van der Waals surface area contributed by atoms with Crippen molar-refractivity contribution in [1.29, 1.82) is 0 Å². The minimum absolute atomic E-state index is 0.0355. The van der Waals surface area contributed by atoms with E-state index in [9.17, 15) is 13.2 Å². The Balaban J connectivity index is 1.34. The minimum Gasteiger partial charge on any atom is -0.474 e. The monoisotopic (exact) mass is 551 g/mol. The van der Waals surface area contributed by atoms with Gasteiger partial charge in [-0.1, -0.05) is 6.92 Å². The number of carbonyl (C=O) groups is 1. The van der Waals surface area contributed by atoms with Crippen LogP contribution in [0.3, 0.4) is 0 Å². The number of carbonyl (C=O) groups excluding carboxylic acids is 1. The SMILES string of the molecule is C[C@@H]1OC(=O)c2ccc(Nc3cc4c([C@](C)(N)C5CC5)cnc(OC5CC(S(C)(=O)=O)C5)c4cn3)nc2[C@H]1C. The summed E-state index contributed by atoms with van der Waals surface area (Å²) in [4.78, 5) is 26.2. The molecule has 11 heteroatoms. The summed E-state index contributed by atoms with van der Waals surface area (Å²) in [5.41, 5.74) is 8.35. The van der Waals surface area contributed by atoms with Gasteiger partial charge in [0.1, 0.15) is 23.8 Å². The maximum absolute atomic E-state index is 12.3. The van der Waals surface area contributed by atoms with Crippen molar-refractivity contribution in [2.75, 3.05) is 11.6 Å². The van der Waals surface area contributed by atoms with Crippen LogP contribution < -0.4 is 15.8 Å². The van der Waals surface area contributed by atoms with Crippen LogP contribution in [0.1, 0.15) is 74.0 Å². The number of esters is 1. The molecule has 0 aromatic carbocycles. The van der Waals surface area contributed by atoms with Crippen LogP contribution in [0, 0.1) is 5.92 Å². The maximum Gasteiger partial charge on any atom is 0.340 e. The smallest absolute Gasteiger partial charge is 0.340 e. The number of cyclic esters (lactones) is 1. The number of ether oxygens (including phenoxy) is 2. The Hall–Kier alpha value is -3.31. The lowest BCUT2D eigenvalue weighted by molar-refractivity contribution is 0.0235. The molecule has 6 rings (SSSR count). The van der Waals surface area contributed by atoms with Gasteiger partial charge in [-0.15, -0.1) is 0 Å². The van der Waals surface area contributed by atoms with Crippen molar-refractivity contribution in [3.8, 4) is 5.88 Å². The number of fused-ring (bicyclic) bond motifs is 2. The van der Waals surface area contributed by atoms with Crippen LogP contribution in [0.5, 0.6) is 5.88 Å². The Kier molecular flexibility index (Phi) is 6.07. The number of anilines is 2. The number of pyridine rings is 3. The molecular formula is C28H33N5O5S. The molecule has 1 aliphatic heterocycles. The standard InChI is InChI=1S/C28H33N5O5S/c1-14-15(2)37-27(34)19-7-8-23(33-25(14)19)32-24-11-20-21(12-30-24)26(38-17-9-18(10-17)39(4,35)36)31-13-22(20)28(3,29)16-5-6-16/h7-8,11-18H,5-6,9-10,29H2,1-4H3,(H,30,32,33)/t14-,15-,17?,18?,28+/m0/s1. The third-order valence-corrected chi connectivity index (χ3v) is 10.1. The van der Waals surface area contributed by atoms with E-state index in [4.69, 9.17) is 20.2 Å². The highest BCUT2D eigenvalue weighted by molar-refractivity contribution is 7.91. The lowest BCUT2D eigenvalue weighted by Gasteiger charge is -2.34. The first-order valence-corrected chi connectivity index (χ1v) is 15.3. The van der Waals surface area contributed by atoms with E-state index in [0.29, 0.717) is 47.5 Å². The summed E-state index contributed by atoms with van der Waals surface area (Å²) in [6, 6.07) is 5.39. The first-order valence-electron chi connectivity index (χ1n) is 13.3. The van der Waals surface area contributed by atoms with Crippen LogP contribution in [0.4, 0.5) is 11.6 Å². The van der Waals surface area contributed by atoms with Gasteiger partial charge >= 0.3 is 5.97 Å². The Bertz CT molecular complexity index is 1580. The molecule has 0 saturated heterocycles. The molecule has 0 amide bonds. The van der Waals surface area contributed by atoms with Crippen molar-refractivity contribution in [3.05, 3.63) is 47.4 Å². The number of rotatable bonds is 7. The first kappa shape index (κ1) is 25.9. The van der Waals surface area contributed by atoms with Crippen molar-refractivity contribution < 1.29 is 22.7 Å². The second-order valence-electron chi connectivity index (χ2n) is 11.5. The summed E-state index contributed by atoms with van der Waals surface area (Å²) >= 11 is 0. The van der Waals surface area contributed by atoms with Crippen molar-refractivity contribution >= 4 is 38.2 Å². The number of nitrogens with one attached hydrogen (secondary N) is 1. The van der Waals surface area contributed by atoms with E-state index in [0.717, 1.165) is 29.2 Å². The maximum atomic E-state index is 12.3. The van der Waals surface area contributed by atoms with Crippen LogP contribution in [0.25, 0.3) is 10.8 Å². The van der Waals surface area contributed by atoms with Gasteiger partial charge in [0.15, 0.2) is 9.84 Å². The van der Waals surface area contributed by atoms with Crippen LogP contribution in [0.15, 0.2) is 30.6 Å². The van der Waals surface area contributed by atoms with Crippen molar-refractivity contribution in [1.82, 2.24) is 15.0 Å². The Labute approximate surface area is 227 Å². The molecule has 2 aliphatic carbocycles. The Morgan fingerprint density at radius 2 is 1.85 bits per heavy atom. The van der Waals surface area contributed by atoms with Crippen molar-refractivity contribution in [3.63, 3.8) is 0 Å². The zero-order valence-electron chi connectivity index (χ0n) is 22.5. The number of aromatic nitrogens is 3. The number of nitrogens with zero attached hydrogens (tertiary/aromatic N) is 3. The van der Waals surface area contributed by atoms with Gasteiger partial charge in [0.25, 0.3) is 0 Å². The summed E-state index contributed by atoms with van der Waals surface area (Å²) < 4.78 is 35.2. The van der Waals surface area contributed by atoms with E-state index in [-0.39, 0.29) is 29.3 Å². The van der Waals surface area contributed by atoms with E-state index in [2.05, 4.69) is 15.3 Å². The van der Waals surface area contributed by atoms with Gasteiger partial charge < -0.3 is 20.5 Å². The van der Waals surface area contributed by atoms with Gasteiger partial charge in [-0.05, 0) is 61.8 Å². The molecule has 3 aromatic rings. The molecule has 3 aliphatic rings. The van der Waals surface area contributed by atoms with Gasteiger partial charge in [-0.3, -0.25) is 0 Å². The van der Waals surface area contributed by atoms with Gasteiger partial charge in [0, 0.05) is 42.9 Å². The highest BCUT2D eigenvalue weighted by Crippen LogP contribution is 2.46. The number of sulfone groups is 1. The summed E-state index contributed by atoms with van der Waals surface area (Å²) in [5.74, 6) is 1.53. The summed E-state index contributed by atoms with van der Waals surface area (Å²) in [5, 5.41) is 4.50. The largest absolute Gasteiger partial charge is 0.474 e. The Morgan fingerprint density at radius 3 is 2.54 bits per heavy atom. The third kappa shape index (κ3) is 4.71. The molecule has 3 N–H and O–H groups in total. The normalized spacial score (nSPS) is 26.2. The van der Waals surface area contributed by atoms with E-state index in [1.54, 1.807) is 24.5 Å². The zero-order chi connectivity index (χ0) is 27.7. The van der Waals surface area contributed by atoms with Gasteiger partial charge in [-0.25, -0.2) is 28.2 Å². The highest BCUT2D eigenvalue weighted by Gasteiger charge is 2.42. The predicted octanol–water partition coefficient (Wildman–Crippen LogP) is 3.97. The highest BCUT2D eigenvalue weighted by atomic mass is 32.2. The average Bonchev–Trinajstić information content (AvgIpc) is 3.70. The Morgan fingerprint density at radius 1 is 1.10 bits per heavy atom. The fraction of sp³-hybridized carbons (Fsp3) is 0.500. The molecule has 0 radical (unpaired) electrons. The quantitative estimate of drug-likeness (QED) is 0.414. The lowest BCUT2D eigenvalue weighted by atomic mass is 9.86. The van der Waals surface area contributed by atoms with Crippen LogP contribution in [-0.4, -0.2) is 53.1 Å². The fourth-order valence-corrected chi connectivity index (χ4v) is 6.61. The zero-order valence-corrected chi connectivity index (χ0v) is 23.3. The summed E-state index contributed by atoms with van der Waals surface area (Å²) in [6.07, 6.45) is 7.30. The minimum atomic E-state index is -3.08. The molecule has 10 nitrogen and oxygen atoms in total. The molecule has 4 heterocycles. The molecule has 39 heavy (non-hydrogen) atoms. The van der Waals surface area contributed by atoms with E-state index < -0.39 is 15.4 Å². The number of hydrogen-bond acceptors (Lipinski definition) is 10. The van der Waals surface area contributed by atoms with Crippen LogP contribution >= 0.6 is 0 Å². The van der Waals surface area contributed by atoms with Crippen molar-refractivity contribution in [2.45, 2.75) is 75.4 Å². The van der Waals surface area contributed by atoms with Crippen molar-refractivity contribution in [2.24, 2.45) is 11.7 Å². The number of hydrogen-bond donors (Lipinski definition) is 2. The summed E-state index contributed by atoms with van der Waals surface area (Å²) in [6.45, 7) is 5.88.